The average Bonchev–Trinajstić information content (AvgIpc) is 1.61. The molecular formula is C93H223N3O29Si18. The molecule has 1 heterocycles. The van der Waals surface area contributed by atoms with Crippen LogP contribution in [0.15, 0.2) is 50.6 Å². The highest BCUT2D eigenvalue weighted by molar-refractivity contribution is 6.94. The Morgan fingerprint density at radius 3 is 0.923 bits per heavy atom. The van der Waals surface area contributed by atoms with Gasteiger partial charge in [0.05, 0.1) is 128 Å². The van der Waals surface area contributed by atoms with Crippen LogP contribution in [0.3, 0.4) is 0 Å². The van der Waals surface area contributed by atoms with E-state index in [2.05, 4.69) is 319 Å². The summed E-state index contributed by atoms with van der Waals surface area (Å²) in [6.07, 6.45) is 8.78. The van der Waals surface area contributed by atoms with Gasteiger partial charge in [-0.05, 0) is 313 Å². The number of anilines is 1. The lowest BCUT2D eigenvalue weighted by Gasteiger charge is -2.43. The number of hydrogen-bond acceptors (Lipinski definition) is 32. The molecule has 1 fully saturated rings. The van der Waals surface area contributed by atoms with E-state index in [0.717, 1.165) is 76.7 Å². The van der Waals surface area contributed by atoms with E-state index in [9.17, 15) is 5.11 Å². The highest BCUT2D eigenvalue weighted by Gasteiger charge is 2.53. The third-order valence-corrected chi connectivity index (χ3v) is 78.8. The standard InChI is InChI=1S/C25H55N3O7Si4.C24H58O9Si5.C21H54O7Si5.C19H48O6Si4.2C2H4/c1-22(30-2)18-31-32-19-25(29)17-27-15-16-28-21-39(10,34-37(6,7)8)35-38(9,33-36(3,4)5)20-23-11-13-24(26)14-12-23;1-13-14-15-28-23(2)18-25-16-17-26-21-37(11,31-35(6,7)8)33-38(12,22-27-19-24-20-29-24)32-36(9,10)30-34(3,4)5;1-14-15-16-24-21(2)19-22-17-18-23-20-33(13,27-31(9,10)25-29(3,4)5)28-32(11,12)26-30(6,7)8;1-12-13-14-22-19(2)17-20-15-16-21-18-29(11,24-27(6,7)8)25-28(9,10)23-26(3,4)5;2*1-2/h11-14,22,25,27-29H,15-21,26H2,1-10H3;23-24H,13-22H2,1-12H3;21H,14-20H2,1-13H3;19H,12-18H2,1-11H3;2*1-2H2. The summed E-state index contributed by atoms with van der Waals surface area (Å²) < 4.78 is 162. The summed E-state index contributed by atoms with van der Waals surface area (Å²) in [5, 5.41) is 16.9. The molecule has 2 rings (SSSR count). The summed E-state index contributed by atoms with van der Waals surface area (Å²) in [7, 11) is -38.5. The molecule has 50 heteroatoms. The number of nitrogens with two attached hydrogens (primary N) is 1. The van der Waals surface area contributed by atoms with E-state index in [4.69, 9.17) is 130 Å². The maximum Gasteiger partial charge on any atom is 0.344 e. The third-order valence-electron chi connectivity index (χ3n) is 17.9. The molecule has 0 aliphatic carbocycles. The van der Waals surface area contributed by atoms with Gasteiger partial charge in [-0.15, -0.1) is 26.3 Å². The fraction of sp³-hybridized carbons (Fsp3) is 0.892. The Kier molecular flexibility index (Phi) is 77.5. The van der Waals surface area contributed by atoms with Crippen molar-refractivity contribution in [3.63, 3.8) is 0 Å². The van der Waals surface area contributed by atoms with E-state index in [1.54, 1.807) is 7.11 Å². The summed E-state index contributed by atoms with van der Waals surface area (Å²) in [5.74, 6) is 0. The zero-order valence-electron chi connectivity index (χ0n) is 100.0. The first-order valence-electron chi connectivity index (χ1n) is 52.2. The number of rotatable bonds is 80. The minimum absolute atomic E-state index is 0.0603. The molecule has 143 heavy (non-hydrogen) atoms. The van der Waals surface area contributed by atoms with Gasteiger partial charge >= 0.3 is 85.6 Å². The minimum atomic E-state index is -2.85. The lowest BCUT2D eigenvalue weighted by atomic mass is 10.2. The van der Waals surface area contributed by atoms with E-state index in [-0.39, 0.29) is 37.1 Å². The van der Waals surface area contributed by atoms with Crippen molar-refractivity contribution in [2.45, 2.75) is 378 Å². The maximum atomic E-state index is 10.1. The van der Waals surface area contributed by atoms with E-state index in [1.807, 2.05) is 39.8 Å². The normalized spacial score (nSPS) is 17.2. The predicted molar refractivity (Wildman–Crippen MR) is 635 cm³/mol. The highest BCUT2D eigenvalue weighted by Crippen LogP contribution is 2.33. The smallest absolute Gasteiger partial charge is 0.344 e. The lowest BCUT2D eigenvalue weighted by Crippen LogP contribution is -2.64. The van der Waals surface area contributed by atoms with Crippen molar-refractivity contribution in [1.29, 1.82) is 0 Å². The maximum absolute atomic E-state index is 10.1. The average molecular weight is 2350 g/mol. The Bertz CT molecular complexity index is 3290. The van der Waals surface area contributed by atoms with E-state index < -0.39 is 158 Å². The quantitative estimate of drug-likeness (QED) is 0.00895. The summed E-state index contributed by atoms with van der Waals surface area (Å²) in [5.41, 5.74) is 7.83. The van der Waals surface area contributed by atoms with Gasteiger partial charge in [0.1, 0.15) is 19.3 Å². The number of nitrogen functional groups attached to an aromatic ring is 1. The van der Waals surface area contributed by atoms with Crippen LogP contribution in [0.2, 0.25) is 249 Å². The summed E-state index contributed by atoms with van der Waals surface area (Å²) >= 11 is 0. The van der Waals surface area contributed by atoms with Crippen molar-refractivity contribution in [1.82, 2.24) is 10.6 Å². The van der Waals surface area contributed by atoms with E-state index in [0.29, 0.717) is 123 Å². The molecular weight excluding hydrogens is 2130 g/mol. The van der Waals surface area contributed by atoms with Gasteiger partial charge in [-0.25, -0.2) is 9.78 Å². The van der Waals surface area contributed by atoms with Crippen LogP contribution < -0.4 is 16.4 Å². The van der Waals surface area contributed by atoms with Gasteiger partial charge in [-0.1, -0.05) is 52.2 Å². The van der Waals surface area contributed by atoms with Crippen LogP contribution in [-0.4, -0.2) is 357 Å². The SMILES string of the molecule is C=C.C=C.CCCCOC(C)COCCOC[Si](C)(O[Si](C)(C)C)O[Si](C)(C)O[Si](C)(C)C.CCCCOC(C)COCCOC[Si](C)(O[Si](C)(C)C)O[Si](C)(COCC1CO1)O[Si](C)(C)O[Si](C)(C)C.CCCCOC(C)COCCOC[Si](C)(O[Si](C)(C)O[Si](C)(C)C)O[Si](C)(C)O[Si](C)(C)C.COC(C)COOCC(O)CNCCNC[Si](C)(O[Si](C)(C)C)O[Si](C)(Cc1ccc(N)cc1)O[Si](C)(C)C. The first-order valence-corrected chi connectivity index (χ1v) is 106. The Hall–Kier alpha value is 1.16. The van der Waals surface area contributed by atoms with Crippen molar-refractivity contribution >= 4 is 158 Å². The molecule has 5 N–H and O–H groups in total. The van der Waals surface area contributed by atoms with Gasteiger partial charge in [0.25, 0.3) is 0 Å². The number of ether oxygens (including phenoxy) is 12. The van der Waals surface area contributed by atoms with Crippen LogP contribution in [0.25, 0.3) is 0 Å². The Balaban J connectivity index is -0.000000895. The van der Waals surface area contributed by atoms with Gasteiger partial charge in [0, 0.05) is 64.5 Å². The number of nitrogens with one attached hydrogen (secondary N) is 2. The molecule has 1 aromatic carbocycles. The van der Waals surface area contributed by atoms with Gasteiger partial charge in [-0.2, -0.15) is 0 Å². The van der Waals surface area contributed by atoms with Crippen LogP contribution in [0, 0.1) is 0 Å². The fourth-order valence-electron chi connectivity index (χ4n) is 15.1. The first-order chi connectivity index (χ1) is 65.2. The molecule has 856 valence electrons. The van der Waals surface area contributed by atoms with Crippen LogP contribution in [-0.2, 0) is 130 Å². The second-order valence-electron chi connectivity index (χ2n) is 47.3. The highest BCUT2D eigenvalue weighted by atomic mass is 28.5. The first kappa shape index (κ1) is 150. The monoisotopic (exact) mass is 2350 g/mol. The van der Waals surface area contributed by atoms with Gasteiger partial charge in [0.15, 0.2) is 66.5 Å². The number of benzene rings is 1. The number of hydrogen-bond donors (Lipinski definition) is 4. The molecule has 0 saturated carbocycles. The van der Waals surface area contributed by atoms with Crippen molar-refractivity contribution in [3.05, 3.63) is 56.1 Å². The molecule has 0 amide bonds. The van der Waals surface area contributed by atoms with E-state index in [1.165, 1.54) is 5.56 Å². The molecule has 1 saturated heterocycles. The van der Waals surface area contributed by atoms with Gasteiger partial charge < -0.3 is 136 Å². The number of epoxide rings is 1. The van der Waals surface area contributed by atoms with Crippen LogP contribution in [0.5, 0.6) is 0 Å². The van der Waals surface area contributed by atoms with Crippen molar-refractivity contribution in [2.75, 3.05) is 169 Å². The largest absolute Gasteiger partial charge is 0.437 e. The molecule has 11 atom stereocenters. The van der Waals surface area contributed by atoms with Gasteiger partial charge in [-0.3, -0.25) is 0 Å². The molecule has 0 radical (unpaired) electrons. The second kappa shape index (κ2) is 73.7. The zero-order chi connectivity index (χ0) is 112. The summed E-state index contributed by atoms with van der Waals surface area (Å²) in [6, 6.07) is 8.72. The molecule has 1 aliphatic rings. The van der Waals surface area contributed by atoms with Gasteiger partial charge in [0.2, 0.25) is 0 Å². The summed E-state index contributed by atoms with van der Waals surface area (Å²) in [6.45, 7) is 119. The molecule has 0 aromatic heterocycles. The van der Waals surface area contributed by atoms with Crippen molar-refractivity contribution < 1.29 is 129 Å². The zero-order valence-corrected chi connectivity index (χ0v) is 118. The number of methoxy groups -OCH3 is 1. The molecule has 32 nitrogen and oxygen atoms in total. The molecule has 1 aromatic rings. The second-order valence-corrected chi connectivity index (χ2v) is 119. The van der Waals surface area contributed by atoms with E-state index >= 15 is 0 Å². The number of aliphatic hydroxyl groups excluding tert-OH is 1. The van der Waals surface area contributed by atoms with Crippen LogP contribution in [0.4, 0.5) is 5.69 Å². The molecule has 1 aliphatic heterocycles. The lowest BCUT2D eigenvalue weighted by molar-refractivity contribution is -0.314. The molecule has 11 unspecified atom stereocenters. The topological polar surface area (TPSA) is 332 Å². The van der Waals surface area contributed by atoms with Crippen LogP contribution in [0.1, 0.15) is 92.6 Å². The molecule has 0 bridgehead atoms. The Labute approximate surface area is 894 Å². The fourth-order valence-corrected chi connectivity index (χ4v) is 95.5. The Morgan fingerprint density at radius 1 is 0.336 bits per heavy atom. The van der Waals surface area contributed by atoms with Crippen LogP contribution >= 0.6 is 0 Å². The van der Waals surface area contributed by atoms with Crippen molar-refractivity contribution in [2.24, 2.45) is 0 Å². The van der Waals surface area contributed by atoms with Crippen molar-refractivity contribution in [3.8, 4) is 0 Å². The molecule has 0 spiro atoms. The number of aliphatic hydroxyl groups is 1. The Morgan fingerprint density at radius 2 is 0.608 bits per heavy atom. The number of unbranched alkanes of at least 4 members (excludes halogenated alkanes) is 3. The third kappa shape index (κ3) is 94.1. The summed E-state index contributed by atoms with van der Waals surface area (Å²) in [4.78, 5) is 10.1. The predicted octanol–water partition coefficient (Wildman–Crippen LogP) is 21.4. The minimum Gasteiger partial charge on any atom is -0.437 e.